The number of imidazole rings is 1. The van der Waals surface area contributed by atoms with E-state index in [9.17, 15) is 9.59 Å². The fourth-order valence-corrected chi connectivity index (χ4v) is 8.00. The minimum atomic E-state index is -0.576. The molecule has 2 amide bonds. The van der Waals surface area contributed by atoms with Gasteiger partial charge in [0.05, 0.1) is 35.9 Å². The average molecular weight is 625 g/mol. The molecule has 242 valence electrons. The smallest absolute Gasteiger partial charge is 0.407 e. The minimum Gasteiger partial charge on any atom is -0.494 e. The zero-order valence-corrected chi connectivity index (χ0v) is 27.4. The molecule has 8 rings (SSSR count). The number of ether oxygens (including phenoxy) is 2. The summed E-state index contributed by atoms with van der Waals surface area (Å²) >= 11 is 0. The maximum atomic E-state index is 14.1. The first-order chi connectivity index (χ1) is 22.1. The lowest BCUT2D eigenvalue weighted by Gasteiger charge is -2.28. The van der Waals surface area contributed by atoms with Crippen molar-refractivity contribution in [3.8, 4) is 17.3 Å². The lowest BCUT2D eigenvalue weighted by atomic mass is 9.92. The number of benzene rings is 2. The molecule has 2 aliphatic heterocycles. The van der Waals surface area contributed by atoms with Crippen LogP contribution in [0.2, 0.25) is 0 Å². The van der Waals surface area contributed by atoms with Crippen molar-refractivity contribution in [3.63, 3.8) is 0 Å². The Labute approximate surface area is 269 Å². The highest BCUT2D eigenvalue weighted by atomic mass is 16.6. The standard InChI is InChI=1S/C36H44N6O4/c1-36(2,3)46-35(44)39-30-22-11-12-27(30)42(19-22)34(43)23-13-26-32(29(15-23)45-5)40(4)33(38-26)28-14-21-7-6-8-25(24-16-37-17-24)31(21)41(28)18-20-9-10-20/h6-8,13-15,20,22,24,27,30,37H,9-12,16-19H2,1-5H3,(H,39,44)/t22-,27-,30-/m1/s1. The van der Waals surface area contributed by atoms with Gasteiger partial charge in [0, 0.05) is 50.1 Å². The van der Waals surface area contributed by atoms with E-state index >= 15 is 0 Å². The van der Waals surface area contributed by atoms with Crippen LogP contribution in [-0.2, 0) is 18.3 Å². The van der Waals surface area contributed by atoms with Gasteiger partial charge in [0.25, 0.3) is 5.91 Å². The number of likely N-dealkylation sites (tertiary alicyclic amines) is 1. The van der Waals surface area contributed by atoms with E-state index in [-0.39, 0.29) is 23.9 Å². The van der Waals surface area contributed by atoms with Crippen LogP contribution in [0.5, 0.6) is 5.75 Å². The number of aromatic nitrogens is 3. The average Bonchev–Trinajstić information content (AvgIpc) is 3.31. The number of piperidine rings is 1. The van der Waals surface area contributed by atoms with Crippen LogP contribution in [0.15, 0.2) is 36.4 Å². The quantitative estimate of drug-likeness (QED) is 0.285. The second-order valence-corrected chi connectivity index (χ2v) is 14.8. The van der Waals surface area contributed by atoms with E-state index in [2.05, 4.69) is 44.0 Å². The maximum absolute atomic E-state index is 14.1. The Balaban J connectivity index is 1.15. The van der Waals surface area contributed by atoms with Gasteiger partial charge < -0.3 is 34.1 Å². The first kappa shape index (κ1) is 29.4. The lowest BCUT2D eigenvalue weighted by molar-refractivity contribution is 0.0485. The van der Waals surface area contributed by atoms with Crippen LogP contribution in [0.4, 0.5) is 4.79 Å². The molecule has 4 aliphatic rings. The monoisotopic (exact) mass is 624 g/mol. The van der Waals surface area contributed by atoms with Crippen LogP contribution in [0.3, 0.4) is 0 Å². The Morgan fingerprint density at radius 1 is 1.07 bits per heavy atom. The van der Waals surface area contributed by atoms with Gasteiger partial charge in [-0.25, -0.2) is 9.78 Å². The van der Waals surface area contributed by atoms with Gasteiger partial charge in [0.1, 0.15) is 16.9 Å². The van der Waals surface area contributed by atoms with Crippen LogP contribution >= 0.6 is 0 Å². The summed E-state index contributed by atoms with van der Waals surface area (Å²) in [6.07, 6.45) is 3.94. The van der Waals surface area contributed by atoms with Crippen molar-refractivity contribution in [1.82, 2.24) is 29.7 Å². The van der Waals surface area contributed by atoms with E-state index in [1.54, 1.807) is 7.11 Å². The maximum Gasteiger partial charge on any atom is 0.407 e. The number of carbonyl (C=O) groups is 2. The summed E-state index contributed by atoms with van der Waals surface area (Å²) in [6, 6.07) is 12.5. The van der Waals surface area contributed by atoms with Crippen molar-refractivity contribution in [1.29, 1.82) is 0 Å². The second kappa shape index (κ2) is 10.8. The predicted octanol–water partition coefficient (Wildman–Crippen LogP) is 5.43. The van der Waals surface area contributed by atoms with Gasteiger partial charge in [-0.3, -0.25) is 4.79 Å². The zero-order valence-electron chi connectivity index (χ0n) is 27.4. The molecule has 10 nitrogen and oxygen atoms in total. The third-order valence-electron chi connectivity index (χ3n) is 10.5. The lowest BCUT2D eigenvalue weighted by Crippen LogP contribution is -2.46. The van der Waals surface area contributed by atoms with E-state index in [0.717, 1.165) is 55.0 Å². The molecule has 0 radical (unpaired) electrons. The number of nitrogens with one attached hydrogen (secondary N) is 2. The molecule has 2 aromatic carbocycles. The topological polar surface area (TPSA) is 103 Å². The van der Waals surface area contributed by atoms with Crippen molar-refractivity contribution in [2.45, 2.75) is 76.6 Å². The number of alkyl carbamates (subject to hydrolysis) is 1. The molecule has 2 N–H and O–H groups in total. The molecule has 2 saturated heterocycles. The number of carbonyl (C=O) groups excluding carboxylic acids is 2. The molecule has 2 aliphatic carbocycles. The molecule has 2 aromatic heterocycles. The molecule has 4 fully saturated rings. The molecule has 3 atom stereocenters. The van der Waals surface area contributed by atoms with Crippen molar-refractivity contribution >= 4 is 33.9 Å². The predicted molar refractivity (Wildman–Crippen MR) is 177 cm³/mol. The van der Waals surface area contributed by atoms with Gasteiger partial charge in [-0.1, -0.05) is 18.2 Å². The van der Waals surface area contributed by atoms with Crippen molar-refractivity contribution in [2.24, 2.45) is 18.9 Å². The number of methoxy groups -OCH3 is 1. The molecular weight excluding hydrogens is 580 g/mol. The van der Waals surface area contributed by atoms with Gasteiger partial charge in [-0.15, -0.1) is 0 Å². The van der Waals surface area contributed by atoms with Crippen LogP contribution in [0.25, 0.3) is 33.5 Å². The van der Waals surface area contributed by atoms with Gasteiger partial charge in [-0.05, 0) is 82.1 Å². The normalized spacial score (nSPS) is 22.9. The van der Waals surface area contributed by atoms with Crippen LogP contribution in [0, 0.1) is 11.8 Å². The van der Waals surface area contributed by atoms with Crippen molar-refractivity contribution in [3.05, 3.63) is 47.5 Å². The molecular formula is C36H44N6O4. The van der Waals surface area contributed by atoms with Crippen LogP contribution < -0.4 is 15.4 Å². The molecule has 46 heavy (non-hydrogen) atoms. The molecule has 4 aromatic rings. The Morgan fingerprint density at radius 2 is 1.87 bits per heavy atom. The Kier molecular flexibility index (Phi) is 6.86. The van der Waals surface area contributed by atoms with E-state index in [0.29, 0.717) is 29.7 Å². The van der Waals surface area contributed by atoms with E-state index in [1.165, 1.54) is 29.3 Å². The largest absolute Gasteiger partial charge is 0.494 e. The summed E-state index contributed by atoms with van der Waals surface area (Å²) in [6.45, 7) is 9.19. The highest BCUT2D eigenvalue weighted by Crippen LogP contribution is 2.42. The van der Waals surface area contributed by atoms with Crippen molar-refractivity contribution in [2.75, 3.05) is 26.7 Å². The number of amides is 2. The number of hydrogen-bond acceptors (Lipinski definition) is 6. The third-order valence-corrected chi connectivity index (χ3v) is 10.5. The minimum absolute atomic E-state index is 0.0582. The highest BCUT2D eigenvalue weighted by molar-refractivity contribution is 6.00. The summed E-state index contributed by atoms with van der Waals surface area (Å²) < 4.78 is 16.1. The SMILES string of the molecule is COc1cc(C(=O)N2C[C@H]3CC[C@@H]2[C@@H]3NC(=O)OC(C)(C)C)cc2nc(-c3cc4cccc(C5CNC5)c4n3CC3CC3)n(C)c12. The second-order valence-electron chi connectivity index (χ2n) is 14.8. The molecule has 0 spiro atoms. The first-order valence-electron chi connectivity index (χ1n) is 16.8. The summed E-state index contributed by atoms with van der Waals surface area (Å²) in [4.78, 5) is 33.8. The Bertz CT molecular complexity index is 1860. The van der Waals surface area contributed by atoms with Crippen LogP contribution in [-0.4, -0.2) is 75.4 Å². The Hall–Kier alpha value is -4.05. The first-order valence-corrected chi connectivity index (χ1v) is 16.8. The highest BCUT2D eigenvalue weighted by Gasteiger charge is 2.50. The fourth-order valence-electron chi connectivity index (χ4n) is 8.00. The number of fused-ring (bicyclic) bond motifs is 4. The number of para-hydroxylation sites is 1. The molecule has 10 heteroatoms. The van der Waals surface area contributed by atoms with E-state index in [4.69, 9.17) is 14.5 Å². The molecule has 2 saturated carbocycles. The van der Waals surface area contributed by atoms with Gasteiger partial charge >= 0.3 is 6.09 Å². The van der Waals surface area contributed by atoms with Crippen LogP contribution in [0.1, 0.15) is 68.3 Å². The summed E-state index contributed by atoms with van der Waals surface area (Å²) in [7, 11) is 3.69. The Morgan fingerprint density at radius 3 is 2.57 bits per heavy atom. The summed E-state index contributed by atoms with van der Waals surface area (Å²) in [5.41, 5.74) is 5.41. The molecule has 0 unspecified atom stereocenters. The van der Waals surface area contributed by atoms with E-state index in [1.807, 2.05) is 44.9 Å². The fraction of sp³-hybridized carbons (Fsp3) is 0.528. The van der Waals surface area contributed by atoms with E-state index < -0.39 is 11.7 Å². The number of hydrogen-bond donors (Lipinski definition) is 2. The summed E-state index contributed by atoms with van der Waals surface area (Å²) in [5.74, 6) is 2.87. The van der Waals surface area contributed by atoms with Gasteiger partial charge in [0.2, 0.25) is 0 Å². The summed E-state index contributed by atoms with van der Waals surface area (Å²) in [5, 5.41) is 7.75. The number of nitrogens with zero attached hydrogens (tertiary/aromatic N) is 4. The molecule has 4 heterocycles. The zero-order chi connectivity index (χ0) is 31.9. The molecule has 2 bridgehead atoms. The van der Waals surface area contributed by atoms with Gasteiger partial charge in [-0.2, -0.15) is 0 Å². The van der Waals surface area contributed by atoms with Crippen molar-refractivity contribution < 1.29 is 19.1 Å². The van der Waals surface area contributed by atoms with Gasteiger partial charge in [0.15, 0.2) is 5.82 Å². The number of rotatable bonds is 7. The third kappa shape index (κ3) is 4.92. The number of aryl methyl sites for hydroxylation is 1.